The minimum atomic E-state index is 1.03. The summed E-state index contributed by atoms with van der Waals surface area (Å²) in [6.07, 6.45) is 8.37. The Morgan fingerprint density at radius 3 is 2.58 bits per heavy atom. The van der Waals surface area contributed by atoms with Gasteiger partial charge in [0.05, 0.1) is 0 Å². The average Bonchev–Trinajstić information content (AvgIpc) is 2.15. The highest BCUT2D eigenvalue weighted by Gasteiger charge is 1.93. The number of rotatable bonds is 3. The smallest absolute Gasteiger partial charge is 0.169 e. The van der Waals surface area contributed by atoms with Crippen LogP contribution in [0.4, 0.5) is 0 Å². The molecule has 0 saturated carbocycles. The van der Waals surface area contributed by atoms with Crippen LogP contribution in [0.1, 0.15) is 12.5 Å². The fourth-order valence-electron chi connectivity index (χ4n) is 0.937. The molecule has 0 aliphatic carbocycles. The maximum atomic E-state index is 2.15. The first-order valence-electron chi connectivity index (χ1n) is 4.05. The minimum absolute atomic E-state index is 1.03. The van der Waals surface area contributed by atoms with Crippen molar-refractivity contribution < 1.29 is 4.57 Å². The van der Waals surface area contributed by atoms with Crippen molar-refractivity contribution in [3.05, 3.63) is 35.5 Å². The summed E-state index contributed by atoms with van der Waals surface area (Å²) in [5.74, 6) is 0. The molecular weight excluding hydrogens is 166 g/mol. The molecule has 0 atom stereocenters. The van der Waals surface area contributed by atoms with Gasteiger partial charge in [-0.05, 0) is 30.2 Å². The lowest BCUT2D eigenvalue weighted by Crippen LogP contribution is -2.30. The van der Waals surface area contributed by atoms with Crippen molar-refractivity contribution in [2.75, 3.05) is 6.26 Å². The topological polar surface area (TPSA) is 3.88 Å². The Morgan fingerprint density at radius 2 is 2.08 bits per heavy atom. The molecule has 0 saturated heterocycles. The zero-order valence-corrected chi connectivity index (χ0v) is 8.34. The standard InChI is InChI=1S/C10H14NS/c1-3-11-7-4-10(5-8-11)6-9-12-2/h4-9H,3H2,1-2H3/q+1/b9-6+. The highest BCUT2D eigenvalue weighted by molar-refractivity contribution is 8.01. The Labute approximate surface area is 78.1 Å². The summed E-state index contributed by atoms with van der Waals surface area (Å²) in [4.78, 5) is 0. The van der Waals surface area contributed by atoms with E-state index in [9.17, 15) is 0 Å². The van der Waals surface area contributed by atoms with Crippen molar-refractivity contribution in [3.8, 4) is 0 Å². The molecule has 0 unspecified atom stereocenters. The lowest BCUT2D eigenvalue weighted by Gasteiger charge is -1.91. The SMILES string of the molecule is CC[n+]1ccc(/C=C/SC)cc1. The van der Waals surface area contributed by atoms with Gasteiger partial charge in [0.25, 0.3) is 0 Å². The molecule has 0 amide bonds. The fraction of sp³-hybridized carbons (Fsp3) is 0.300. The molecule has 0 N–H and O–H groups in total. The van der Waals surface area contributed by atoms with Crippen LogP contribution in [0.3, 0.4) is 0 Å². The molecule has 0 bridgehead atoms. The molecule has 1 rings (SSSR count). The second kappa shape index (κ2) is 4.99. The zero-order chi connectivity index (χ0) is 8.81. The number of hydrogen-bond donors (Lipinski definition) is 0. The van der Waals surface area contributed by atoms with Crippen molar-refractivity contribution in [1.29, 1.82) is 0 Å². The van der Waals surface area contributed by atoms with E-state index in [4.69, 9.17) is 0 Å². The van der Waals surface area contributed by atoms with Crippen LogP contribution >= 0.6 is 11.8 Å². The molecule has 0 aliphatic heterocycles. The Hall–Kier alpha value is -0.760. The van der Waals surface area contributed by atoms with Crippen LogP contribution in [0, 0.1) is 0 Å². The molecular formula is C10H14NS+. The van der Waals surface area contributed by atoms with Crippen LogP contribution < -0.4 is 4.57 Å². The van der Waals surface area contributed by atoms with E-state index in [0.29, 0.717) is 0 Å². The van der Waals surface area contributed by atoms with Gasteiger partial charge in [-0.2, -0.15) is 0 Å². The van der Waals surface area contributed by atoms with Crippen LogP contribution in [-0.2, 0) is 6.54 Å². The molecule has 2 heteroatoms. The molecule has 0 radical (unpaired) electrons. The normalized spacial score (nSPS) is 10.8. The van der Waals surface area contributed by atoms with Gasteiger partial charge in [-0.1, -0.05) is 0 Å². The van der Waals surface area contributed by atoms with Crippen LogP contribution in [0.2, 0.25) is 0 Å². The van der Waals surface area contributed by atoms with Gasteiger partial charge < -0.3 is 0 Å². The van der Waals surface area contributed by atoms with Crippen molar-refractivity contribution >= 4 is 17.8 Å². The van der Waals surface area contributed by atoms with Gasteiger partial charge in [0.2, 0.25) is 0 Å². The van der Waals surface area contributed by atoms with Crippen LogP contribution in [0.25, 0.3) is 6.08 Å². The van der Waals surface area contributed by atoms with Gasteiger partial charge in [0, 0.05) is 12.1 Å². The summed E-state index contributed by atoms with van der Waals surface area (Å²) in [6, 6.07) is 4.24. The van der Waals surface area contributed by atoms with Crippen molar-refractivity contribution in [2.45, 2.75) is 13.5 Å². The largest absolute Gasteiger partial charge is 0.205 e. The van der Waals surface area contributed by atoms with Gasteiger partial charge >= 0.3 is 0 Å². The van der Waals surface area contributed by atoms with Crippen LogP contribution in [0.15, 0.2) is 29.9 Å². The molecule has 1 aromatic rings. The molecule has 12 heavy (non-hydrogen) atoms. The number of hydrogen-bond acceptors (Lipinski definition) is 1. The predicted molar refractivity (Wildman–Crippen MR) is 54.9 cm³/mol. The molecule has 0 aromatic carbocycles. The summed E-state index contributed by atoms with van der Waals surface area (Å²) < 4.78 is 2.15. The first-order chi connectivity index (χ1) is 5.86. The summed E-state index contributed by atoms with van der Waals surface area (Å²) in [5, 5.41) is 2.09. The number of aromatic nitrogens is 1. The van der Waals surface area contributed by atoms with Gasteiger partial charge in [-0.25, -0.2) is 4.57 Å². The van der Waals surface area contributed by atoms with Gasteiger partial charge in [0.1, 0.15) is 6.54 Å². The third kappa shape index (κ3) is 2.70. The highest BCUT2D eigenvalue weighted by atomic mass is 32.2. The number of pyridine rings is 1. The maximum Gasteiger partial charge on any atom is 0.169 e. The summed E-state index contributed by atoms with van der Waals surface area (Å²) in [5.41, 5.74) is 1.26. The summed E-state index contributed by atoms with van der Waals surface area (Å²) in [6.45, 7) is 3.17. The van der Waals surface area contributed by atoms with Gasteiger partial charge in [0.15, 0.2) is 12.4 Å². The molecule has 0 fully saturated rings. The zero-order valence-electron chi connectivity index (χ0n) is 7.53. The molecule has 1 heterocycles. The Bertz CT molecular complexity index is 251. The van der Waals surface area contributed by atoms with E-state index < -0.39 is 0 Å². The van der Waals surface area contributed by atoms with Gasteiger partial charge in [-0.15, -0.1) is 11.8 Å². The summed E-state index contributed by atoms with van der Waals surface area (Å²) >= 11 is 1.72. The van der Waals surface area contributed by atoms with E-state index >= 15 is 0 Å². The third-order valence-corrected chi connectivity index (χ3v) is 2.09. The molecule has 1 aromatic heterocycles. The van der Waals surface area contributed by atoms with Crippen molar-refractivity contribution in [2.24, 2.45) is 0 Å². The van der Waals surface area contributed by atoms with E-state index in [1.54, 1.807) is 11.8 Å². The number of nitrogens with zero attached hydrogens (tertiary/aromatic N) is 1. The Balaban J connectivity index is 2.71. The predicted octanol–water partition coefficient (Wildman–Crippen LogP) is 2.33. The Kier molecular flexibility index (Phi) is 3.88. The van der Waals surface area contributed by atoms with E-state index in [1.165, 1.54) is 5.56 Å². The summed E-state index contributed by atoms with van der Waals surface area (Å²) in [7, 11) is 0. The number of thioether (sulfide) groups is 1. The highest BCUT2D eigenvalue weighted by Crippen LogP contribution is 2.02. The maximum absolute atomic E-state index is 2.15. The van der Waals surface area contributed by atoms with E-state index in [2.05, 4.69) is 53.8 Å². The van der Waals surface area contributed by atoms with Crippen molar-refractivity contribution in [1.82, 2.24) is 0 Å². The van der Waals surface area contributed by atoms with E-state index in [0.717, 1.165) is 6.54 Å². The minimum Gasteiger partial charge on any atom is -0.205 e. The van der Waals surface area contributed by atoms with Crippen LogP contribution in [0.5, 0.6) is 0 Å². The lowest BCUT2D eigenvalue weighted by molar-refractivity contribution is -0.693. The first-order valence-corrected chi connectivity index (χ1v) is 5.34. The molecule has 0 spiro atoms. The van der Waals surface area contributed by atoms with Gasteiger partial charge in [-0.3, -0.25) is 0 Å². The molecule has 1 nitrogen and oxygen atoms in total. The quantitative estimate of drug-likeness (QED) is 0.646. The van der Waals surface area contributed by atoms with Crippen LogP contribution in [-0.4, -0.2) is 6.26 Å². The molecule has 64 valence electrons. The first kappa shape index (κ1) is 9.33. The molecule has 0 aliphatic rings. The Morgan fingerprint density at radius 1 is 1.42 bits per heavy atom. The third-order valence-electron chi connectivity index (χ3n) is 1.68. The monoisotopic (exact) mass is 180 g/mol. The lowest BCUT2D eigenvalue weighted by atomic mass is 10.3. The number of aryl methyl sites for hydroxylation is 1. The fourth-order valence-corrected chi connectivity index (χ4v) is 1.23. The van der Waals surface area contributed by atoms with Crippen molar-refractivity contribution in [3.63, 3.8) is 0 Å². The second-order valence-corrected chi connectivity index (χ2v) is 3.24. The van der Waals surface area contributed by atoms with E-state index in [-0.39, 0.29) is 0 Å². The average molecular weight is 180 g/mol. The second-order valence-electron chi connectivity index (χ2n) is 2.50. The van der Waals surface area contributed by atoms with E-state index in [1.807, 2.05) is 0 Å².